The van der Waals surface area contributed by atoms with Crippen molar-refractivity contribution in [3.63, 3.8) is 0 Å². The highest BCUT2D eigenvalue weighted by Crippen LogP contribution is 2.34. The van der Waals surface area contributed by atoms with Crippen LogP contribution in [0.15, 0.2) is 30.3 Å². The number of halogens is 1. The van der Waals surface area contributed by atoms with E-state index in [1.807, 2.05) is 6.92 Å². The summed E-state index contributed by atoms with van der Waals surface area (Å²) in [6.45, 7) is 2.52. The molecular weight excluding hydrogens is 273 g/mol. The summed E-state index contributed by atoms with van der Waals surface area (Å²) in [4.78, 5) is 25.0. The van der Waals surface area contributed by atoms with Crippen molar-refractivity contribution in [2.45, 2.75) is 19.8 Å². The average Bonchev–Trinajstić information content (AvgIpc) is 2.92. The Balaban J connectivity index is 2.02. The first-order valence-electron chi connectivity index (χ1n) is 6.93. The van der Waals surface area contributed by atoms with E-state index in [2.05, 4.69) is 0 Å². The summed E-state index contributed by atoms with van der Waals surface area (Å²) < 4.78 is 12.8. The zero-order valence-corrected chi connectivity index (χ0v) is 11.9. The Morgan fingerprint density at radius 1 is 1.38 bits per heavy atom. The topological polar surface area (TPSA) is 57.6 Å². The molecule has 1 aromatic rings. The van der Waals surface area contributed by atoms with Gasteiger partial charge in [-0.15, -0.1) is 0 Å². The second-order valence-corrected chi connectivity index (χ2v) is 5.33. The molecule has 2 rings (SSSR count). The first-order valence-corrected chi connectivity index (χ1v) is 6.93. The molecule has 0 radical (unpaired) electrons. The molecule has 1 heterocycles. The molecule has 0 bridgehead atoms. The smallest absolute Gasteiger partial charge is 0.311 e. The van der Waals surface area contributed by atoms with Gasteiger partial charge < -0.3 is 10.0 Å². The Kier molecular flexibility index (Phi) is 4.40. The lowest BCUT2D eigenvalue weighted by molar-refractivity contribution is -0.148. The van der Waals surface area contributed by atoms with Crippen LogP contribution in [-0.2, 0) is 9.59 Å². The summed E-state index contributed by atoms with van der Waals surface area (Å²) in [7, 11) is 0. The highest BCUT2D eigenvalue weighted by molar-refractivity contribution is 5.92. The molecule has 0 aliphatic carbocycles. The van der Waals surface area contributed by atoms with Crippen LogP contribution in [-0.4, -0.2) is 35.0 Å². The molecule has 0 saturated carbocycles. The molecule has 1 saturated heterocycles. The molecule has 1 fully saturated rings. The maximum Gasteiger partial charge on any atom is 0.311 e. The van der Waals surface area contributed by atoms with Crippen molar-refractivity contribution >= 4 is 18.0 Å². The van der Waals surface area contributed by atoms with Gasteiger partial charge in [0.05, 0.1) is 5.41 Å². The third-order valence-corrected chi connectivity index (χ3v) is 4.08. The van der Waals surface area contributed by atoms with Gasteiger partial charge in [-0.3, -0.25) is 9.59 Å². The normalized spacial score (nSPS) is 21.9. The molecule has 112 valence electrons. The standard InChI is InChI=1S/C16H18FNO3/c1-2-16(15(20)21)9-10-18(11-16)14(19)8-5-12-3-6-13(17)7-4-12/h3-8H,2,9-11H2,1H3,(H,20,21). The van der Waals surface area contributed by atoms with Crippen molar-refractivity contribution in [2.75, 3.05) is 13.1 Å². The van der Waals surface area contributed by atoms with Crippen molar-refractivity contribution in [1.29, 1.82) is 0 Å². The van der Waals surface area contributed by atoms with Crippen LogP contribution in [0.25, 0.3) is 6.08 Å². The molecule has 1 aliphatic rings. The van der Waals surface area contributed by atoms with Crippen molar-refractivity contribution in [2.24, 2.45) is 5.41 Å². The zero-order valence-electron chi connectivity index (χ0n) is 11.9. The van der Waals surface area contributed by atoms with E-state index < -0.39 is 11.4 Å². The molecule has 4 nitrogen and oxygen atoms in total. The van der Waals surface area contributed by atoms with Crippen LogP contribution in [0, 0.1) is 11.2 Å². The minimum Gasteiger partial charge on any atom is -0.481 e. The number of carboxylic acids is 1. The fraction of sp³-hybridized carbons (Fsp3) is 0.375. The van der Waals surface area contributed by atoms with Crippen LogP contribution < -0.4 is 0 Å². The maximum absolute atomic E-state index is 12.8. The summed E-state index contributed by atoms with van der Waals surface area (Å²) in [5.74, 6) is -1.38. The van der Waals surface area contributed by atoms with E-state index in [0.29, 0.717) is 19.4 Å². The van der Waals surface area contributed by atoms with Gasteiger partial charge in [-0.2, -0.15) is 0 Å². The van der Waals surface area contributed by atoms with Crippen molar-refractivity contribution in [3.05, 3.63) is 41.7 Å². The third kappa shape index (κ3) is 3.29. The van der Waals surface area contributed by atoms with Gasteiger partial charge in [0.1, 0.15) is 5.82 Å². The number of aliphatic carboxylic acids is 1. The first kappa shape index (κ1) is 15.2. The highest BCUT2D eigenvalue weighted by Gasteiger charge is 2.44. The van der Waals surface area contributed by atoms with Crippen LogP contribution in [0.5, 0.6) is 0 Å². The predicted octanol–water partition coefficient (Wildman–Crippen LogP) is 2.55. The molecule has 1 aliphatic heterocycles. The molecule has 21 heavy (non-hydrogen) atoms. The average molecular weight is 291 g/mol. The fourth-order valence-corrected chi connectivity index (χ4v) is 2.52. The van der Waals surface area contributed by atoms with Crippen molar-refractivity contribution in [1.82, 2.24) is 4.90 Å². The SMILES string of the molecule is CCC1(C(=O)O)CCN(C(=O)C=Cc2ccc(F)cc2)C1. The maximum atomic E-state index is 12.8. The van der Waals surface area contributed by atoms with E-state index in [1.54, 1.807) is 23.1 Å². The second-order valence-electron chi connectivity index (χ2n) is 5.33. The molecule has 1 unspecified atom stereocenters. The lowest BCUT2D eigenvalue weighted by Crippen LogP contribution is -2.35. The highest BCUT2D eigenvalue weighted by atomic mass is 19.1. The monoisotopic (exact) mass is 291 g/mol. The molecule has 1 N–H and O–H groups in total. The summed E-state index contributed by atoms with van der Waals surface area (Å²) in [6.07, 6.45) is 4.00. The van der Waals surface area contributed by atoms with Gasteiger partial charge in [-0.25, -0.2) is 4.39 Å². The second kappa shape index (κ2) is 6.08. The lowest BCUT2D eigenvalue weighted by Gasteiger charge is -2.22. The number of carbonyl (C=O) groups is 2. The number of rotatable bonds is 4. The first-order chi connectivity index (χ1) is 9.97. The van der Waals surface area contributed by atoms with Crippen molar-refractivity contribution in [3.8, 4) is 0 Å². The molecule has 5 heteroatoms. The van der Waals surface area contributed by atoms with E-state index >= 15 is 0 Å². The number of benzene rings is 1. The van der Waals surface area contributed by atoms with Gasteiger partial charge in [-0.1, -0.05) is 19.1 Å². The molecule has 0 spiro atoms. The number of hydrogen-bond acceptors (Lipinski definition) is 2. The van der Waals surface area contributed by atoms with Crippen LogP contribution in [0.4, 0.5) is 4.39 Å². The van der Waals surface area contributed by atoms with Crippen LogP contribution >= 0.6 is 0 Å². The Morgan fingerprint density at radius 2 is 2.05 bits per heavy atom. The van der Waals surface area contributed by atoms with Crippen molar-refractivity contribution < 1.29 is 19.1 Å². The number of likely N-dealkylation sites (tertiary alicyclic amines) is 1. The zero-order chi connectivity index (χ0) is 15.5. The van der Waals surface area contributed by atoms with Gasteiger partial charge in [-0.05, 0) is 36.6 Å². The summed E-state index contributed by atoms with van der Waals surface area (Å²) in [6, 6.07) is 5.81. The van der Waals surface area contributed by atoms with Gasteiger partial charge >= 0.3 is 5.97 Å². The Hall–Kier alpha value is -2.17. The van der Waals surface area contributed by atoms with E-state index in [4.69, 9.17) is 0 Å². The number of nitrogens with zero attached hydrogens (tertiary/aromatic N) is 1. The summed E-state index contributed by atoms with van der Waals surface area (Å²) in [5, 5.41) is 9.31. The minimum atomic E-state index is -0.845. The van der Waals surface area contributed by atoms with Crippen LogP contribution in [0.1, 0.15) is 25.3 Å². The van der Waals surface area contributed by atoms with Crippen LogP contribution in [0.2, 0.25) is 0 Å². The van der Waals surface area contributed by atoms with Gasteiger partial charge in [0.15, 0.2) is 0 Å². The molecular formula is C16H18FNO3. The van der Waals surface area contributed by atoms with E-state index in [0.717, 1.165) is 5.56 Å². The molecule has 0 aromatic heterocycles. The number of carbonyl (C=O) groups excluding carboxylic acids is 1. The Bertz CT molecular complexity index is 567. The molecule has 1 atom stereocenters. The lowest BCUT2D eigenvalue weighted by atomic mass is 9.84. The predicted molar refractivity (Wildman–Crippen MR) is 77.0 cm³/mol. The summed E-state index contributed by atoms with van der Waals surface area (Å²) >= 11 is 0. The molecule has 1 aromatic carbocycles. The quantitative estimate of drug-likeness (QED) is 0.867. The largest absolute Gasteiger partial charge is 0.481 e. The Labute approximate surface area is 122 Å². The number of hydrogen-bond donors (Lipinski definition) is 1. The number of amides is 1. The van der Waals surface area contributed by atoms with E-state index in [-0.39, 0.29) is 18.3 Å². The van der Waals surface area contributed by atoms with Gasteiger partial charge in [0.2, 0.25) is 5.91 Å². The van der Waals surface area contributed by atoms with Crippen LogP contribution in [0.3, 0.4) is 0 Å². The Morgan fingerprint density at radius 3 is 2.57 bits per heavy atom. The molecule has 1 amide bonds. The van der Waals surface area contributed by atoms with E-state index in [9.17, 15) is 19.1 Å². The van der Waals surface area contributed by atoms with Gasteiger partial charge in [0.25, 0.3) is 0 Å². The minimum absolute atomic E-state index is 0.212. The fourth-order valence-electron chi connectivity index (χ4n) is 2.52. The van der Waals surface area contributed by atoms with E-state index in [1.165, 1.54) is 18.2 Å². The number of carboxylic acid groups (broad SMARTS) is 1. The van der Waals surface area contributed by atoms with Gasteiger partial charge in [0, 0.05) is 19.2 Å². The summed E-state index contributed by atoms with van der Waals surface area (Å²) in [5.41, 5.74) is -0.0942. The third-order valence-electron chi connectivity index (χ3n) is 4.08.